The molecule has 374 valence electrons. The summed E-state index contributed by atoms with van der Waals surface area (Å²) >= 11 is 0. The van der Waals surface area contributed by atoms with Crippen LogP contribution in [-0.4, -0.2) is 19.7 Å². The van der Waals surface area contributed by atoms with E-state index < -0.39 is 10.8 Å². The van der Waals surface area contributed by atoms with E-state index in [1.165, 1.54) is 116 Å². The Morgan fingerprint density at radius 1 is 0.418 bits per heavy atom. The topological polar surface area (TPSA) is 18.0 Å². The minimum Gasteiger partial charge on any atom is -0.335 e. The second-order valence-electron chi connectivity index (χ2n) is 22.5. The highest BCUT2D eigenvalue weighted by atomic mass is 15.2. The summed E-state index contributed by atoms with van der Waals surface area (Å²) in [7, 11) is 0. The molecule has 4 nitrogen and oxygen atoms in total. The number of para-hydroxylation sites is 6. The predicted octanol–water partition coefficient (Wildman–Crippen LogP) is 18.2. The molecule has 4 atom stereocenters. The van der Waals surface area contributed by atoms with Gasteiger partial charge in [-0.25, -0.2) is 0 Å². The zero-order chi connectivity index (χ0) is 52.1. The van der Waals surface area contributed by atoms with Crippen molar-refractivity contribution in [1.82, 2.24) is 13.7 Å². The van der Waals surface area contributed by atoms with Gasteiger partial charge in [-0.2, -0.15) is 0 Å². The second-order valence-corrected chi connectivity index (χ2v) is 22.5. The van der Waals surface area contributed by atoms with Crippen molar-refractivity contribution in [3.63, 3.8) is 0 Å². The minimum absolute atomic E-state index is 0.0357. The van der Waals surface area contributed by atoms with E-state index in [1.54, 1.807) is 0 Å². The molecule has 0 N–H and O–H groups in total. The molecule has 0 radical (unpaired) electrons. The fourth-order valence-electron chi connectivity index (χ4n) is 15.8. The van der Waals surface area contributed by atoms with E-state index in [0.29, 0.717) is 0 Å². The van der Waals surface area contributed by atoms with Gasteiger partial charge in [0.1, 0.15) is 0 Å². The number of rotatable bonds is 6. The molecule has 4 aliphatic rings. The maximum absolute atomic E-state index is 2.81. The molecule has 17 rings (SSSR count). The molecule has 0 saturated carbocycles. The van der Waals surface area contributed by atoms with Gasteiger partial charge in [0, 0.05) is 78.2 Å². The van der Waals surface area contributed by atoms with Gasteiger partial charge in [0.15, 0.2) is 0 Å². The van der Waals surface area contributed by atoms with Gasteiger partial charge in [-0.1, -0.05) is 207 Å². The van der Waals surface area contributed by atoms with Gasteiger partial charge in [-0.05, 0) is 113 Å². The van der Waals surface area contributed by atoms with Gasteiger partial charge in [-0.3, -0.25) is 0 Å². The SMILES string of the molecule is CC1c2c(c3ccccc3n2-c2ccccc2)C=CC1N(C1=CC=CC2C1(C)c1ccccc1C21c2ccccc2-c2ccccc21)c1cccc2c3ccccc3n(-c3ccc4c(c3)c3ccccc3n4-c3ccccc3)c12. The number of aromatic nitrogens is 3. The van der Waals surface area contributed by atoms with Gasteiger partial charge in [0.05, 0.1) is 44.7 Å². The molecule has 4 heteroatoms. The van der Waals surface area contributed by atoms with E-state index in [2.05, 4.69) is 305 Å². The van der Waals surface area contributed by atoms with Crippen molar-refractivity contribution in [2.75, 3.05) is 4.90 Å². The number of hydrogen-bond donors (Lipinski definition) is 0. The van der Waals surface area contributed by atoms with Crippen LogP contribution in [0.25, 0.3) is 88.8 Å². The molecule has 3 aromatic heterocycles. The van der Waals surface area contributed by atoms with Crippen molar-refractivity contribution in [1.29, 1.82) is 0 Å². The average Bonchev–Trinajstić information content (AvgIpc) is 4.45. The Labute approximate surface area is 459 Å². The van der Waals surface area contributed by atoms with Gasteiger partial charge in [0.25, 0.3) is 0 Å². The highest BCUT2D eigenvalue weighted by molar-refractivity contribution is 6.15. The molecule has 3 heterocycles. The first-order valence-electron chi connectivity index (χ1n) is 28.0. The lowest BCUT2D eigenvalue weighted by Gasteiger charge is -2.49. The fourth-order valence-corrected chi connectivity index (χ4v) is 15.8. The lowest BCUT2D eigenvalue weighted by Crippen LogP contribution is -2.49. The van der Waals surface area contributed by atoms with Crippen LogP contribution < -0.4 is 4.90 Å². The van der Waals surface area contributed by atoms with Crippen LogP contribution in [0.15, 0.2) is 273 Å². The monoisotopic (exact) mass is 1010 g/mol. The normalized spacial score (nSPS) is 19.3. The number of hydrogen-bond acceptors (Lipinski definition) is 1. The van der Waals surface area contributed by atoms with Gasteiger partial charge < -0.3 is 18.6 Å². The summed E-state index contributed by atoms with van der Waals surface area (Å²) in [4.78, 5) is 2.81. The lowest BCUT2D eigenvalue weighted by molar-refractivity contribution is 0.343. The second kappa shape index (κ2) is 16.4. The molecule has 0 fully saturated rings. The van der Waals surface area contributed by atoms with E-state index in [1.807, 2.05) is 0 Å². The summed E-state index contributed by atoms with van der Waals surface area (Å²) in [5.41, 5.74) is 21.9. The molecule has 0 bridgehead atoms. The third-order valence-corrected chi connectivity index (χ3v) is 18.9. The molecular formula is C75H54N4. The van der Waals surface area contributed by atoms with E-state index in [-0.39, 0.29) is 17.9 Å². The number of allylic oxidation sites excluding steroid dienone is 4. The molecule has 4 unspecified atom stereocenters. The standard InChI is InChI=1S/C75H54N4/c1-48-64(46-44-58-55-30-12-19-38-66(55)77(72(48)58)50-25-7-4-8-26-50)79(71-42-22-41-70-74(71,2)62-35-16-17-36-63(62)75(70)60-33-14-9-27-52(60)53-28-10-15-34-61(53)75)69-40-21-32-57-54-29-11-20-39-67(54)78(73(57)69)51-43-45-68-59(47-51)56-31-13-18-37-65(56)76(68)49-23-5-3-6-24-49/h3-48,64,70H,1-2H3. The highest BCUT2D eigenvalue weighted by Gasteiger charge is 2.64. The number of benzene rings is 10. The quantitative estimate of drug-likeness (QED) is 0.162. The predicted molar refractivity (Wildman–Crippen MR) is 328 cm³/mol. The van der Waals surface area contributed by atoms with Crippen LogP contribution in [0.3, 0.4) is 0 Å². The number of nitrogens with zero attached hydrogens (tertiary/aromatic N) is 4. The third-order valence-electron chi connectivity index (χ3n) is 18.9. The Kier molecular flexibility index (Phi) is 9.26. The maximum atomic E-state index is 2.81. The van der Waals surface area contributed by atoms with Crippen LogP contribution in [0.2, 0.25) is 0 Å². The van der Waals surface area contributed by atoms with E-state index in [4.69, 9.17) is 0 Å². The highest BCUT2D eigenvalue weighted by Crippen LogP contribution is 2.69. The maximum Gasteiger partial charge on any atom is 0.0778 e. The van der Waals surface area contributed by atoms with Crippen LogP contribution in [-0.2, 0) is 10.8 Å². The average molecular weight is 1010 g/mol. The molecular weight excluding hydrogens is 957 g/mol. The van der Waals surface area contributed by atoms with Crippen LogP contribution in [0.4, 0.5) is 5.69 Å². The van der Waals surface area contributed by atoms with Crippen LogP contribution in [0, 0.1) is 5.92 Å². The first-order valence-corrected chi connectivity index (χ1v) is 28.0. The molecule has 10 aromatic carbocycles. The zero-order valence-electron chi connectivity index (χ0n) is 44.0. The van der Waals surface area contributed by atoms with Crippen molar-refractivity contribution in [2.45, 2.75) is 36.6 Å². The van der Waals surface area contributed by atoms with Crippen molar-refractivity contribution in [2.24, 2.45) is 5.92 Å². The summed E-state index contributed by atoms with van der Waals surface area (Å²) in [5, 5.41) is 6.20. The third kappa shape index (κ3) is 5.77. The van der Waals surface area contributed by atoms with E-state index in [0.717, 1.165) is 11.4 Å². The molecule has 79 heavy (non-hydrogen) atoms. The Bertz CT molecular complexity index is 4740. The Balaban J connectivity index is 0.956. The summed E-state index contributed by atoms with van der Waals surface area (Å²) < 4.78 is 7.55. The Hall–Kier alpha value is -9.64. The smallest absolute Gasteiger partial charge is 0.0778 e. The van der Waals surface area contributed by atoms with Crippen molar-refractivity contribution in [3.8, 4) is 28.2 Å². The van der Waals surface area contributed by atoms with Crippen molar-refractivity contribution in [3.05, 3.63) is 306 Å². The fraction of sp³-hybridized carbons (Fsp3) is 0.0933. The summed E-state index contributed by atoms with van der Waals surface area (Å²) in [6.07, 6.45) is 12.4. The summed E-state index contributed by atoms with van der Waals surface area (Å²) in [6, 6.07) is 90.8. The van der Waals surface area contributed by atoms with Crippen LogP contribution in [0.1, 0.15) is 53.3 Å². The summed E-state index contributed by atoms with van der Waals surface area (Å²) in [5.74, 6) is 0.0851. The van der Waals surface area contributed by atoms with Gasteiger partial charge >= 0.3 is 0 Å². The number of anilines is 1. The molecule has 0 amide bonds. The van der Waals surface area contributed by atoms with E-state index >= 15 is 0 Å². The van der Waals surface area contributed by atoms with Crippen molar-refractivity contribution >= 4 is 66.3 Å². The van der Waals surface area contributed by atoms with E-state index in [9.17, 15) is 0 Å². The molecule has 0 saturated heterocycles. The zero-order valence-corrected chi connectivity index (χ0v) is 44.0. The first-order chi connectivity index (χ1) is 39.0. The molecule has 1 spiro atoms. The number of fused-ring (bicyclic) bond motifs is 19. The van der Waals surface area contributed by atoms with Gasteiger partial charge in [-0.15, -0.1) is 0 Å². The Morgan fingerprint density at radius 3 is 1.65 bits per heavy atom. The molecule has 4 aliphatic carbocycles. The first kappa shape index (κ1) is 44.5. The largest absolute Gasteiger partial charge is 0.335 e. The van der Waals surface area contributed by atoms with Crippen molar-refractivity contribution < 1.29 is 0 Å². The molecule has 0 aliphatic heterocycles. The van der Waals surface area contributed by atoms with Gasteiger partial charge in [0.2, 0.25) is 0 Å². The minimum atomic E-state index is -0.493. The Morgan fingerprint density at radius 2 is 0.949 bits per heavy atom. The molecule has 13 aromatic rings. The summed E-state index contributed by atoms with van der Waals surface area (Å²) in [6.45, 7) is 5.06. The lowest BCUT2D eigenvalue weighted by atomic mass is 9.60. The van der Waals surface area contributed by atoms with Crippen LogP contribution in [0.5, 0.6) is 0 Å². The van der Waals surface area contributed by atoms with Crippen LogP contribution >= 0.6 is 0 Å².